The van der Waals surface area contributed by atoms with Gasteiger partial charge in [0.05, 0.1) is 19.1 Å². The number of nitrogens with one attached hydrogen (secondary N) is 2. The first kappa shape index (κ1) is 19.3. The SMILES string of the molecule is Cc1cnccc1NCCNC(=O)C[C@@H]1CN(Cc2ccccc2)CCO1. The van der Waals surface area contributed by atoms with Crippen molar-refractivity contribution in [2.75, 3.05) is 38.1 Å². The average molecular weight is 368 g/mol. The maximum Gasteiger partial charge on any atom is 0.222 e. The number of hydrogen-bond acceptors (Lipinski definition) is 5. The van der Waals surface area contributed by atoms with Gasteiger partial charge in [-0.15, -0.1) is 0 Å². The molecule has 6 nitrogen and oxygen atoms in total. The summed E-state index contributed by atoms with van der Waals surface area (Å²) in [7, 11) is 0. The highest BCUT2D eigenvalue weighted by Gasteiger charge is 2.22. The molecule has 1 aliphatic heterocycles. The van der Waals surface area contributed by atoms with E-state index in [0.29, 0.717) is 26.1 Å². The Bertz CT molecular complexity index is 723. The van der Waals surface area contributed by atoms with Crippen LogP contribution in [0.5, 0.6) is 0 Å². The monoisotopic (exact) mass is 368 g/mol. The molecule has 1 amide bonds. The topological polar surface area (TPSA) is 66.5 Å². The summed E-state index contributed by atoms with van der Waals surface area (Å²) in [5.74, 6) is 0.0369. The number of aromatic nitrogens is 1. The van der Waals surface area contributed by atoms with Crippen LogP contribution in [0, 0.1) is 6.92 Å². The zero-order valence-corrected chi connectivity index (χ0v) is 15.9. The molecule has 1 saturated heterocycles. The third kappa shape index (κ3) is 6.34. The van der Waals surface area contributed by atoms with Gasteiger partial charge in [-0.05, 0) is 24.1 Å². The maximum absolute atomic E-state index is 12.2. The molecule has 2 heterocycles. The van der Waals surface area contributed by atoms with Gasteiger partial charge >= 0.3 is 0 Å². The molecule has 2 aromatic rings. The third-order valence-electron chi connectivity index (χ3n) is 4.67. The highest BCUT2D eigenvalue weighted by Crippen LogP contribution is 2.13. The van der Waals surface area contributed by atoms with E-state index in [4.69, 9.17) is 4.74 Å². The minimum Gasteiger partial charge on any atom is -0.383 e. The number of ether oxygens (including phenoxy) is 1. The fraction of sp³-hybridized carbons (Fsp3) is 0.429. The van der Waals surface area contributed by atoms with E-state index in [1.54, 1.807) is 6.20 Å². The van der Waals surface area contributed by atoms with Crippen molar-refractivity contribution >= 4 is 11.6 Å². The summed E-state index contributed by atoms with van der Waals surface area (Å²) in [5.41, 5.74) is 3.43. The average Bonchev–Trinajstić information content (AvgIpc) is 2.68. The quantitative estimate of drug-likeness (QED) is 0.700. The fourth-order valence-electron chi connectivity index (χ4n) is 3.24. The third-order valence-corrected chi connectivity index (χ3v) is 4.67. The van der Waals surface area contributed by atoms with E-state index in [2.05, 4.69) is 44.8 Å². The van der Waals surface area contributed by atoms with Gasteiger partial charge in [-0.1, -0.05) is 30.3 Å². The van der Waals surface area contributed by atoms with E-state index in [-0.39, 0.29) is 12.0 Å². The van der Waals surface area contributed by atoms with E-state index in [0.717, 1.165) is 30.9 Å². The van der Waals surface area contributed by atoms with Crippen LogP contribution in [0.25, 0.3) is 0 Å². The van der Waals surface area contributed by atoms with Crippen LogP contribution in [0.15, 0.2) is 48.8 Å². The normalized spacial score (nSPS) is 17.4. The van der Waals surface area contributed by atoms with Crippen LogP contribution in [-0.2, 0) is 16.1 Å². The van der Waals surface area contributed by atoms with Crippen LogP contribution in [0.2, 0.25) is 0 Å². The molecule has 1 aromatic carbocycles. The smallest absolute Gasteiger partial charge is 0.222 e. The Morgan fingerprint density at radius 3 is 2.93 bits per heavy atom. The van der Waals surface area contributed by atoms with Crippen LogP contribution in [0.1, 0.15) is 17.5 Å². The number of carbonyl (C=O) groups excluding carboxylic acids is 1. The predicted octanol–water partition coefficient (Wildman–Crippen LogP) is 2.21. The first-order valence-corrected chi connectivity index (χ1v) is 9.50. The molecule has 3 rings (SSSR count). The number of hydrogen-bond donors (Lipinski definition) is 2. The molecule has 2 N–H and O–H groups in total. The van der Waals surface area contributed by atoms with Crippen LogP contribution in [0.4, 0.5) is 5.69 Å². The molecule has 0 aliphatic carbocycles. The molecule has 0 spiro atoms. The number of morpholine rings is 1. The van der Waals surface area contributed by atoms with Gasteiger partial charge in [-0.25, -0.2) is 0 Å². The van der Waals surface area contributed by atoms with Crippen molar-refractivity contribution in [1.82, 2.24) is 15.2 Å². The molecule has 27 heavy (non-hydrogen) atoms. The Hall–Kier alpha value is -2.44. The lowest BCUT2D eigenvalue weighted by molar-refractivity contribution is -0.126. The molecule has 1 atom stereocenters. The van der Waals surface area contributed by atoms with Gasteiger partial charge in [-0.3, -0.25) is 14.7 Å². The largest absolute Gasteiger partial charge is 0.383 e. The summed E-state index contributed by atoms with van der Waals surface area (Å²) in [6, 6.07) is 12.4. The van der Waals surface area contributed by atoms with Crippen LogP contribution in [0.3, 0.4) is 0 Å². The van der Waals surface area contributed by atoms with Crippen molar-refractivity contribution in [2.45, 2.75) is 26.0 Å². The van der Waals surface area contributed by atoms with Gasteiger partial charge in [0.2, 0.25) is 5.91 Å². The molecular formula is C21H28N4O2. The van der Waals surface area contributed by atoms with Crippen molar-refractivity contribution in [2.24, 2.45) is 0 Å². The lowest BCUT2D eigenvalue weighted by atomic mass is 10.1. The second-order valence-corrected chi connectivity index (χ2v) is 6.88. The van der Waals surface area contributed by atoms with Gasteiger partial charge in [0.1, 0.15) is 0 Å². The van der Waals surface area contributed by atoms with Gasteiger partial charge in [-0.2, -0.15) is 0 Å². The molecule has 0 radical (unpaired) electrons. The zero-order valence-electron chi connectivity index (χ0n) is 15.9. The van der Waals surface area contributed by atoms with Gasteiger partial charge in [0.25, 0.3) is 0 Å². The lowest BCUT2D eigenvalue weighted by Gasteiger charge is -2.32. The Labute approximate surface area is 160 Å². The number of amides is 1. The van der Waals surface area contributed by atoms with Crippen molar-refractivity contribution in [3.63, 3.8) is 0 Å². The number of pyridine rings is 1. The van der Waals surface area contributed by atoms with Crippen LogP contribution in [-0.4, -0.2) is 54.7 Å². The van der Waals surface area contributed by atoms with Crippen molar-refractivity contribution in [3.8, 4) is 0 Å². The van der Waals surface area contributed by atoms with Gasteiger partial charge in [0.15, 0.2) is 0 Å². The number of benzene rings is 1. The minimum atomic E-state index is -0.0436. The Balaban J connectivity index is 1.35. The molecule has 1 aromatic heterocycles. The number of nitrogens with zero attached hydrogens (tertiary/aromatic N) is 2. The predicted molar refractivity (Wildman–Crippen MR) is 107 cm³/mol. The molecule has 6 heteroatoms. The molecule has 144 valence electrons. The molecule has 0 unspecified atom stereocenters. The second kappa shape index (κ2) is 10.0. The van der Waals surface area contributed by atoms with E-state index in [9.17, 15) is 4.79 Å². The Morgan fingerprint density at radius 2 is 2.11 bits per heavy atom. The molecular weight excluding hydrogens is 340 g/mol. The maximum atomic E-state index is 12.2. The van der Waals surface area contributed by atoms with E-state index in [1.807, 2.05) is 25.3 Å². The minimum absolute atomic E-state index is 0.0369. The standard InChI is InChI=1S/C21H28N4O2/c1-17-14-22-8-7-20(17)23-9-10-24-21(26)13-19-16-25(11-12-27-19)15-18-5-3-2-4-6-18/h2-8,14,19H,9-13,15-16H2,1H3,(H,22,23)(H,24,26)/t19-/m1/s1. The molecule has 0 bridgehead atoms. The highest BCUT2D eigenvalue weighted by molar-refractivity contribution is 5.76. The Morgan fingerprint density at radius 1 is 1.26 bits per heavy atom. The first-order valence-electron chi connectivity index (χ1n) is 9.50. The van der Waals surface area contributed by atoms with E-state index in [1.165, 1.54) is 5.56 Å². The van der Waals surface area contributed by atoms with E-state index >= 15 is 0 Å². The molecule has 1 fully saturated rings. The molecule has 1 aliphatic rings. The number of anilines is 1. The summed E-state index contributed by atoms with van der Waals surface area (Å²) in [5, 5.41) is 6.28. The van der Waals surface area contributed by atoms with E-state index < -0.39 is 0 Å². The lowest BCUT2D eigenvalue weighted by Crippen LogP contribution is -2.44. The Kier molecular flexibility index (Phi) is 7.19. The summed E-state index contributed by atoms with van der Waals surface area (Å²) in [6.45, 7) is 6.54. The number of carbonyl (C=O) groups is 1. The summed E-state index contributed by atoms with van der Waals surface area (Å²) >= 11 is 0. The number of rotatable bonds is 8. The van der Waals surface area contributed by atoms with Gasteiger partial charge < -0.3 is 15.4 Å². The van der Waals surface area contributed by atoms with Crippen molar-refractivity contribution in [1.29, 1.82) is 0 Å². The van der Waals surface area contributed by atoms with Crippen molar-refractivity contribution < 1.29 is 9.53 Å². The van der Waals surface area contributed by atoms with Crippen LogP contribution >= 0.6 is 0 Å². The second-order valence-electron chi connectivity index (χ2n) is 6.88. The summed E-state index contributed by atoms with van der Waals surface area (Å²) in [4.78, 5) is 18.6. The van der Waals surface area contributed by atoms with Crippen LogP contribution < -0.4 is 10.6 Å². The van der Waals surface area contributed by atoms with Gasteiger partial charge in [0, 0.05) is 50.8 Å². The summed E-state index contributed by atoms with van der Waals surface area (Å²) in [6.07, 6.45) is 3.94. The summed E-state index contributed by atoms with van der Waals surface area (Å²) < 4.78 is 5.78. The fourth-order valence-corrected chi connectivity index (χ4v) is 3.24. The number of aryl methyl sites for hydroxylation is 1. The van der Waals surface area contributed by atoms with Crippen molar-refractivity contribution in [3.05, 3.63) is 59.9 Å². The zero-order chi connectivity index (χ0) is 18.9. The first-order chi connectivity index (χ1) is 13.2. The highest BCUT2D eigenvalue weighted by atomic mass is 16.5. The molecule has 0 saturated carbocycles.